The Morgan fingerprint density at radius 2 is 1.94 bits per heavy atom. The van der Waals surface area contributed by atoms with Gasteiger partial charge in [-0.2, -0.15) is 0 Å². The maximum atomic E-state index is 5.61. The molecule has 0 unspecified atom stereocenters. The normalized spacial score (nSPS) is 11.6. The number of ether oxygens (including phenoxy) is 2. The third-order valence-electron chi connectivity index (χ3n) is 2.74. The monoisotopic (exact) mass is 249 g/mol. The van der Waals surface area contributed by atoms with Crippen molar-refractivity contribution in [2.45, 2.75) is 33.6 Å². The number of pyridine rings is 1. The van der Waals surface area contributed by atoms with Crippen molar-refractivity contribution in [3.63, 3.8) is 0 Å². The number of fused-ring (bicyclic) bond motifs is 1. The van der Waals surface area contributed by atoms with Crippen molar-refractivity contribution in [2.75, 3.05) is 13.2 Å². The molecule has 0 atom stereocenters. The smallest absolute Gasteiger partial charge is 0.217 e. The predicted octanol–water partition coefficient (Wildman–Crippen LogP) is 2.52. The number of aromatic nitrogens is 3. The van der Waals surface area contributed by atoms with Crippen LogP contribution in [0.15, 0.2) is 18.5 Å². The number of rotatable bonds is 6. The molecule has 98 valence electrons. The van der Waals surface area contributed by atoms with Crippen LogP contribution in [0.1, 0.15) is 32.9 Å². The number of imidazole rings is 1. The molecule has 0 N–H and O–H groups in total. The minimum Gasteiger partial charge on any atom is -0.346 e. The van der Waals surface area contributed by atoms with E-state index in [9.17, 15) is 0 Å². The summed E-state index contributed by atoms with van der Waals surface area (Å²) in [7, 11) is 0. The Morgan fingerprint density at radius 3 is 2.56 bits per heavy atom. The van der Waals surface area contributed by atoms with E-state index in [1.165, 1.54) is 0 Å². The van der Waals surface area contributed by atoms with Crippen LogP contribution in [-0.2, 0) is 16.0 Å². The van der Waals surface area contributed by atoms with Crippen LogP contribution in [0.5, 0.6) is 0 Å². The average molecular weight is 249 g/mol. The van der Waals surface area contributed by atoms with Crippen LogP contribution in [0.25, 0.3) is 11.0 Å². The number of nitrogens with zero attached hydrogens (tertiary/aromatic N) is 3. The van der Waals surface area contributed by atoms with Crippen LogP contribution in [-0.4, -0.2) is 27.7 Å². The Kier molecular flexibility index (Phi) is 4.28. The highest BCUT2D eigenvalue weighted by molar-refractivity contribution is 5.74. The average Bonchev–Trinajstić information content (AvgIpc) is 2.76. The highest BCUT2D eigenvalue weighted by atomic mass is 16.7. The lowest BCUT2D eigenvalue weighted by molar-refractivity contribution is -0.146. The summed E-state index contributed by atoms with van der Waals surface area (Å²) in [5, 5.41) is 0. The van der Waals surface area contributed by atoms with E-state index in [0.29, 0.717) is 13.2 Å². The molecule has 0 saturated heterocycles. The summed E-state index contributed by atoms with van der Waals surface area (Å²) < 4.78 is 13.3. The van der Waals surface area contributed by atoms with Gasteiger partial charge in [-0.3, -0.25) is 4.98 Å². The lowest BCUT2D eigenvalue weighted by Crippen LogP contribution is -2.15. The van der Waals surface area contributed by atoms with Crippen molar-refractivity contribution >= 4 is 11.0 Å². The maximum Gasteiger partial charge on any atom is 0.217 e. The molecule has 0 saturated carbocycles. The third-order valence-corrected chi connectivity index (χ3v) is 2.74. The van der Waals surface area contributed by atoms with Gasteiger partial charge in [0, 0.05) is 26.0 Å². The molecule has 0 bridgehead atoms. The SMILES string of the molecule is CCOC(OCC)c1nc2cnccc2n1CC. The van der Waals surface area contributed by atoms with Crippen molar-refractivity contribution in [2.24, 2.45) is 0 Å². The topological polar surface area (TPSA) is 49.2 Å². The Balaban J connectivity index is 2.47. The zero-order chi connectivity index (χ0) is 13.0. The molecule has 0 aliphatic carbocycles. The second-order valence-electron chi connectivity index (χ2n) is 3.82. The van der Waals surface area contributed by atoms with Crippen molar-refractivity contribution in [3.05, 3.63) is 24.3 Å². The zero-order valence-electron chi connectivity index (χ0n) is 11.1. The molecule has 5 nitrogen and oxygen atoms in total. The first kappa shape index (κ1) is 13.0. The molecule has 0 aliphatic rings. The van der Waals surface area contributed by atoms with Gasteiger partial charge in [0.1, 0.15) is 5.52 Å². The molecule has 5 heteroatoms. The molecule has 0 radical (unpaired) electrons. The van der Waals surface area contributed by atoms with Crippen molar-refractivity contribution in [1.29, 1.82) is 0 Å². The summed E-state index contributed by atoms with van der Waals surface area (Å²) in [6.45, 7) is 8.00. The van der Waals surface area contributed by atoms with Crippen molar-refractivity contribution in [1.82, 2.24) is 14.5 Å². The summed E-state index contributed by atoms with van der Waals surface area (Å²) >= 11 is 0. The summed E-state index contributed by atoms with van der Waals surface area (Å²) in [6.07, 6.45) is 3.13. The molecule has 0 aliphatic heterocycles. The van der Waals surface area contributed by atoms with Crippen LogP contribution in [0.2, 0.25) is 0 Å². The summed E-state index contributed by atoms with van der Waals surface area (Å²) in [6, 6.07) is 1.96. The molecule has 2 aromatic rings. The molecule has 0 spiro atoms. The lowest BCUT2D eigenvalue weighted by atomic mass is 10.4. The number of hydrogen-bond acceptors (Lipinski definition) is 4. The van der Waals surface area contributed by atoms with E-state index >= 15 is 0 Å². The molecule has 0 aromatic carbocycles. The van der Waals surface area contributed by atoms with E-state index in [1.807, 2.05) is 19.9 Å². The molecule has 18 heavy (non-hydrogen) atoms. The van der Waals surface area contributed by atoms with Gasteiger partial charge in [-0.05, 0) is 26.8 Å². The Hall–Kier alpha value is -1.46. The van der Waals surface area contributed by atoms with E-state index in [2.05, 4.69) is 21.5 Å². The minimum absolute atomic E-state index is 0.410. The molecular formula is C13H19N3O2. The summed E-state index contributed by atoms with van der Waals surface area (Å²) in [4.78, 5) is 8.67. The van der Waals surface area contributed by atoms with Crippen LogP contribution in [0, 0.1) is 0 Å². The highest BCUT2D eigenvalue weighted by Crippen LogP contribution is 2.23. The molecule has 2 heterocycles. The Morgan fingerprint density at radius 1 is 1.22 bits per heavy atom. The number of hydrogen-bond donors (Lipinski definition) is 0. The van der Waals surface area contributed by atoms with E-state index < -0.39 is 6.29 Å². The number of aryl methyl sites for hydroxylation is 1. The van der Waals surface area contributed by atoms with Gasteiger partial charge in [-0.1, -0.05) is 0 Å². The third kappa shape index (κ3) is 2.37. The molecule has 0 amide bonds. The largest absolute Gasteiger partial charge is 0.346 e. The first-order valence-corrected chi connectivity index (χ1v) is 6.35. The van der Waals surface area contributed by atoms with E-state index in [0.717, 1.165) is 23.4 Å². The van der Waals surface area contributed by atoms with Gasteiger partial charge >= 0.3 is 0 Å². The highest BCUT2D eigenvalue weighted by Gasteiger charge is 2.20. The van der Waals surface area contributed by atoms with E-state index in [-0.39, 0.29) is 0 Å². The van der Waals surface area contributed by atoms with Gasteiger partial charge in [0.2, 0.25) is 6.29 Å². The fraction of sp³-hybridized carbons (Fsp3) is 0.538. The molecule has 0 fully saturated rings. The van der Waals surface area contributed by atoms with Gasteiger partial charge in [-0.15, -0.1) is 0 Å². The fourth-order valence-corrected chi connectivity index (χ4v) is 2.01. The summed E-state index contributed by atoms with van der Waals surface area (Å²) in [5.41, 5.74) is 1.94. The van der Waals surface area contributed by atoms with Crippen LogP contribution in [0.4, 0.5) is 0 Å². The first-order chi connectivity index (χ1) is 8.81. The van der Waals surface area contributed by atoms with Crippen LogP contribution in [0.3, 0.4) is 0 Å². The first-order valence-electron chi connectivity index (χ1n) is 6.35. The van der Waals surface area contributed by atoms with Gasteiger partial charge in [0.25, 0.3) is 0 Å². The van der Waals surface area contributed by atoms with Crippen molar-refractivity contribution < 1.29 is 9.47 Å². The fourth-order valence-electron chi connectivity index (χ4n) is 2.01. The van der Waals surface area contributed by atoms with Crippen molar-refractivity contribution in [3.8, 4) is 0 Å². The standard InChI is InChI=1S/C13H19N3O2/c1-4-16-11-7-8-14-9-10(11)15-12(16)13(17-5-2)18-6-3/h7-9,13H,4-6H2,1-3H3. The second kappa shape index (κ2) is 5.93. The van der Waals surface area contributed by atoms with E-state index in [1.54, 1.807) is 12.4 Å². The minimum atomic E-state index is -0.410. The zero-order valence-corrected chi connectivity index (χ0v) is 11.1. The second-order valence-corrected chi connectivity index (χ2v) is 3.82. The quantitative estimate of drug-likeness (QED) is 0.738. The van der Waals surface area contributed by atoms with Crippen LogP contribution >= 0.6 is 0 Å². The Bertz CT molecular complexity index is 504. The molecular weight excluding hydrogens is 230 g/mol. The summed E-state index contributed by atoms with van der Waals surface area (Å²) in [5.74, 6) is 0.809. The van der Waals surface area contributed by atoms with Gasteiger partial charge in [0.15, 0.2) is 5.82 Å². The Labute approximate surface area is 107 Å². The van der Waals surface area contributed by atoms with Gasteiger partial charge in [0.05, 0.1) is 11.7 Å². The van der Waals surface area contributed by atoms with Gasteiger partial charge in [-0.25, -0.2) is 4.98 Å². The molecule has 2 rings (SSSR count). The lowest BCUT2D eigenvalue weighted by Gasteiger charge is -2.17. The predicted molar refractivity (Wildman–Crippen MR) is 69.2 cm³/mol. The van der Waals surface area contributed by atoms with Gasteiger partial charge < -0.3 is 14.0 Å². The molecule has 2 aromatic heterocycles. The van der Waals surface area contributed by atoms with Crippen LogP contribution < -0.4 is 0 Å². The maximum absolute atomic E-state index is 5.61. The van der Waals surface area contributed by atoms with E-state index in [4.69, 9.17) is 9.47 Å².